The molecule has 2 heterocycles. The molecule has 0 spiro atoms. The smallest absolute Gasteiger partial charge is 0.394 e. The molecule has 1 aliphatic heterocycles. The van der Waals surface area contributed by atoms with E-state index < -0.39 is 11.7 Å². The van der Waals surface area contributed by atoms with E-state index in [0.717, 1.165) is 54.9 Å². The van der Waals surface area contributed by atoms with Crippen molar-refractivity contribution < 1.29 is 22.8 Å². The van der Waals surface area contributed by atoms with Gasteiger partial charge in [0, 0.05) is 60.1 Å². The maximum Gasteiger partial charge on any atom is 0.416 e. The van der Waals surface area contributed by atoms with Crippen LogP contribution >= 0.6 is 15.9 Å². The highest BCUT2D eigenvalue weighted by atomic mass is 79.9. The van der Waals surface area contributed by atoms with E-state index in [0.29, 0.717) is 33.6 Å². The third-order valence-electron chi connectivity index (χ3n) is 7.11. The third-order valence-corrected chi connectivity index (χ3v) is 7.76. The molecule has 7 nitrogen and oxygen atoms in total. The van der Waals surface area contributed by atoms with Crippen molar-refractivity contribution >= 4 is 33.2 Å². The molecule has 1 fully saturated rings. The molecular formula is C32H31BrF3N5O2. The van der Waals surface area contributed by atoms with E-state index in [4.69, 9.17) is 4.84 Å². The average Bonchev–Trinajstić information content (AvgIpc) is 3.03. The summed E-state index contributed by atoms with van der Waals surface area (Å²) >= 11 is 3.44. The zero-order chi connectivity index (χ0) is 30.2. The fraction of sp³-hybridized carbons (Fsp3) is 0.250. The Morgan fingerprint density at radius 1 is 0.930 bits per heavy atom. The van der Waals surface area contributed by atoms with Gasteiger partial charge < -0.3 is 15.1 Å². The highest BCUT2D eigenvalue weighted by Gasteiger charge is 2.30. The summed E-state index contributed by atoms with van der Waals surface area (Å²) in [6.07, 6.45) is 0.643. The molecule has 0 saturated carbocycles. The summed E-state index contributed by atoms with van der Waals surface area (Å²) in [5.74, 6) is 0.190. The number of hydrogen-bond acceptors (Lipinski definition) is 6. The van der Waals surface area contributed by atoms with E-state index in [1.54, 1.807) is 30.5 Å². The number of piperidine rings is 1. The van der Waals surface area contributed by atoms with Crippen molar-refractivity contribution in [2.45, 2.75) is 37.3 Å². The first kappa shape index (κ1) is 30.5. The maximum atomic E-state index is 13.2. The summed E-state index contributed by atoms with van der Waals surface area (Å²) in [7, 11) is 0. The standard InChI is InChI=1S/C32H31BrF3N5O2/c33-20-22-6-4-8-24(16-22)31(42)39-29-11-10-26(41-14-2-1-3-15-41)18-28(29)30-19-27(12-13-37-30)43-40-38-21-23-7-5-9-25(17-23)32(34,35)36/h4-13,16-19,38,40H,1-3,14-15,20-21H2,(H,39,42). The number of nitrogens with one attached hydrogen (secondary N) is 3. The lowest BCUT2D eigenvalue weighted by Gasteiger charge is -2.29. The molecule has 0 radical (unpaired) electrons. The van der Waals surface area contributed by atoms with Crippen molar-refractivity contribution in [1.29, 1.82) is 0 Å². The van der Waals surface area contributed by atoms with Crippen molar-refractivity contribution in [2.75, 3.05) is 23.3 Å². The highest BCUT2D eigenvalue weighted by Crippen LogP contribution is 2.34. The zero-order valence-electron chi connectivity index (χ0n) is 23.3. The molecule has 0 aliphatic carbocycles. The monoisotopic (exact) mass is 653 g/mol. The Kier molecular flexibility index (Phi) is 9.96. The van der Waals surface area contributed by atoms with Crippen LogP contribution in [0.5, 0.6) is 5.75 Å². The van der Waals surface area contributed by atoms with Crippen molar-refractivity contribution in [2.24, 2.45) is 0 Å². The molecule has 1 saturated heterocycles. The summed E-state index contributed by atoms with van der Waals surface area (Å²) in [6, 6.07) is 21.8. The number of amides is 1. The van der Waals surface area contributed by atoms with Gasteiger partial charge in [-0.25, -0.2) is 5.43 Å². The fourth-order valence-electron chi connectivity index (χ4n) is 4.90. The van der Waals surface area contributed by atoms with Crippen molar-refractivity contribution in [3.05, 3.63) is 107 Å². The second kappa shape index (κ2) is 14.0. The minimum Gasteiger partial charge on any atom is -0.394 e. The van der Waals surface area contributed by atoms with E-state index in [1.807, 2.05) is 36.4 Å². The van der Waals surface area contributed by atoms with Gasteiger partial charge in [-0.1, -0.05) is 51.9 Å². The van der Waals surface area contributed by atoms with Crippen LogP contribution in [0.25, 0.3) is 11.3 Å². The van der Waals surface area contributed by atoms with Gasteiger partial charge in [0.05, 0.1) is 16.9 Å². The van der Waals surface area contributed by atoms with Gasteiger partial charge in [-0.15, -0.1) is 0 Å². The molecule has 3 N–H and O–H groups in total. The Morgan fingerprint density at radius 2 is 1.72 bits per heavy atom. The van der Waals surface area contributed by atoms with Crippen LogP contribution in [0.15, 0.2) is 85.1 Å². The zero-order valence-corrected chi connectivity index (χ0v) is 24.8. The number of halogens is 4. The molecule has 1 amide bonds. The Labute approximate surface area is 256 Å². The van der Waals surface area contributed by atoms with Gasteiger partial charge in [0.1, 0.15) is 0 Å². The van der Waals surface area contributed by atoms with Crippen LogP contribution in [0.4, 0.5) is 24.5 Å². The third kappa shape index (κ3) is 8.13. The Hall–Kier alpha value is -3.93. The lowest BCUT2D eigenvalue weighted by Crippen LogP contribution is -2.34. The number of carbonyl (C=O) groups excluding carboxylic acids is 1. The van der Waals surface area contributed by atoms with Crippen LogP contribution in [0.3, 0.4) is 0 Å². The van der Waals surface area contributed by atoms with Crippen LogP contribution < -0.4 is 26.1 Å². The van der Waals surface area contributed by atoms with E-state index in [1.165, 1.54) is 12.5 Å². The van der Waals surface area contributed by atoms with E-state index in [9.17, 15) is 18.0 Å². The van der Waals surface area contributed by atoms with E-state index in [2.05, 4.69) is 42.1 Å². The first-order valence-corrected chi connectivity index (χ1v) is 15.0. The van der Waals surface area contributed by atoms with Gasteiger partial charge in [-0.3, -0.25) is 9.78 Å². The number of alkyl halides is 4. The topological polar surface area (TPSA) is 78.5 Å². The predicted octanol–water partition coefficient (Wildman–Crippen LogP) is 7.49. The largest absolute Gasteiger partial charge is 0.416 e. The van der Waals surface area contributed by atoms with Gasteiger partial charge in [0.25, 0.3) is 5.91 Å². The summed E-state index contributed by atoms with van der Waals surface area (Å²) in [5.41, 5.74) is 9.60. The number of nitrogens with zero attached hydrogens (tertiary/aromatic N) is 2. The number of hydrogen-bond donors (Lipinski definition) is 3. The minimum absolute atomic E-state index is 0.103. The van der Waals surface area contributed by atoms with Gasteiger partial charge >= 0.3 is 6.18 Å². The normalized spacial score (nSPS) is 13.5. The molecule has 0 unspecified atom stereocenters. The van der Waals surface area contributed by atoms with Crippen molar-refractivity contribution in [3.8, 4) is 17.0 Å². The quantitative estimate of drug-likeness (QED) is 0.0935. The lowest BCUT2D eigenvalue weighted by atomic mass is 10.0. The summed E-state index contributed by atoms with van der Waals surface area (Å²) in [6.45, 7) is 2.03. The van der Waals surface area contributed by atoms with E-state index >= 15 is 0 Å². The number of carbonyl (C=O) groups is 1. The molecule has 224 valence electrons. The summed E-state index contributed by atoms with van der Waals surface area (Å²) in [5, 5.41) is 3.69. The molecule has 4 aromatic rings. The van der Waals surface area contributed by atoms with Gasteiger partial charge in [0.2, 0.25) is 0 Å². The molecule has 1 aliphatic rings. The summed E-state index contributed by atoms with van der Waals surface area (Å²) in [4.78, 5) is 25.7. The molecule has 3 aromatic carbocycles. The van der Waals surface area contributed by atoms with Crippen LogP contribution in [-0.2, 0) is 18.1 Å². The lowest BCUT2D eigenvalue weighted by molar-refractivity contribution is -0.137. The van der Waals surface area contributed by atoms with Crippen molar-refractivity contribution in [3.63, 3.8) is 0 Å². The van der Waals surface area contributed by atoms with Gasteiger partial charge in [-0.2, -0.15) is 13.2 Å². The first-order chi connectivity index (χ1) is 20.8. The molecule has 11 heteroatoms. The number of rotatable bonds is 10. The number of anilines is 2. The Bertz CT molecular complexity index is 1560. The Balaban J connectivity index is 1.33. The molecule has 1 aromatic heterocycles. The van der Waals surface area contributed by atoms with Crippen LogP contribution in [0.1, 0.15) is 46.3 Å². The predicted molar refractivity (Wildman–Crippen MR) is 165 cm³/mol. The Morgan fingerprint density at radius 3 is 2.51 bits per heavy atom. The maximum absolute atomic E-state index is 13.2. The second-order valence-corrected chi connectivity index (χ2v) is 10.8. The number of benzene rings is 3. The molecule has 0 atom stereocenters. The van der Waals surface area contributed by atoms with Crippen LogP contribution in [0.2, 0.25) is 0 Å². The van der Waals surface area contributed by atoms with Gasteiger partial charge in [0.15, 0.2) is 5.75 Å². The highest BCUT2D eigenvalue weighted by molar-refractivity contribution is 9.08. The molecule has 5 rings (SSSR count). The minimum atomic E-state index is -4.41. The average molecular weight is 655 g/mol. The van der Waals surface area contributed by atoms with Crippen LogP contribution in [-0.4, -0.2) is 24.0 Å². The summed E-state index contributed by atoms with van der Waals surface area (Å²) < 4.78 is 39.0. The molecular weight excluding hydrogens is 623 g/mol. The number of pyridine rings is 1. The molecule has 0 bridgehead atoms. The van der Waals surface area contributed by atoms with Crippen molar-refractivity contribution in [1.82, 2.24) is 16.0 Å². The van der Waals surface area contributed by atoms with Crippen LogP contribution in [0, 0.1) is 0 Å². The number of aromatic nitrogens is 1. The number of hydrazine groups is 1. The SMILES string of the molecule is O=C(Nc1ccc(N2CCCCC2)cc1-c1cc(ONNCc2cccc(C(F)(F)F)c2)ccn1)c1cccc(CBr)c1. The first-order valence-electron chi connectivity index (χ1n) is 13.9. The van der Waals surface area contributed by atoms with E-state index in [-0.39, 0.29) is 12.5 Å². The second-order valence-electron chi connectivity index (χ2n) is 10.2. The fourth-order valence-corrected chi connectivity index (χ4v) is 5.25. The van der Waals surface area contributed by atoms with Gasteiger partial charge in [-0.05, 0) is 66.8 Å². The molecule has 43 heavy (non-hydrogen) atoms.